The van der Waals surface area contributed by atoms with E-state index in [0.29, 0.717) is 5.56 Å². The average molecular weight is 221 g/mol. The number of rotatable bonds is 3. The summed E-state index contributed by atoms with van der Waals surface area (Å²) in [6, 6.07) is 1.94. The molecule has 0 radical (unpaired) electrons. The van der Waals surface area contributed by atoms with Crippen molar-refractivity contribution >= 4 is 11.8 Å². The average Bonchev–Trinajstić information content (AvgIpc) is 2.24. The number of hydrogen-bond donors (Lipinski definition) is 2. The van der Waals surface area contributed by atoms with E-state index in [1.54, 1.807) is 19.1 Å². The zero-order chi connectivity index (χ0) is 12.5. The molecule has 0 saturated heterocycles. The molecule has 0 aliphatic heterocycles. The Kier molecular flexibility index (Phi) is 3.44. The standard InChI is InChI=1S/C12H15NO3/c1-6-4-5-9(8(3)7(6)2)11(14)10(13)12(15)16/h4-5,10H,13H2,1-3H3,(H,15,16). The molecule has 0 aliphatic carbocycles. The van der Waals surface area contributed by atoms with Gasteiger partial charge in [0, 0.05) is 5.56 Å². The van der Waals surface area contributed by atoms with Gasteiger partial charge in [0.15, 0.2) is 11.8 Å². The molecule has 0 aliphatic rings. The molecule has 1 unspecified atom stereocenters. The molecule has 0 aromatic heterocycles. The van der Waals surface area contributed by atoms with E-state index in [2.05, 4.69) is 0 Å². The van der Waals surface area contributed by atoms with Crippen LogP contribution in [-0.4, -0.2) is 22.9 Å². The number of benzene rings is 1. The number of carbonyl (C=O) groups excluding carboxylic acids is 1. The summed E-state index contributed by atoms with van der Waals surface area (Å²) in [7, 11) is 0. The van der Waals surface area contributed by atoms with E-state index in [9.17, 15) is 9.59 Å². The summed E-state index contributed by atoms with van der Waals surface area (Å²) in [5.41, 5.74) is 8.54. The topological polar surface area (TPSA) is 80.4 Å². The van der Waals surface area contributed by atoms with Crippen LogP contribution in [-0.2, 0) is 4.79 Å². The maximum Gasteiger partial charge on any atom is 0.328 e. The van der Waals surface area contributed by atoms with Gasteiger partial charge in [0.05, 0.1) is 0 Å². The van der Waals surface area contributed by atoms with Crippen LogP contribution in [0.4, 0.5) is 0 Å². The fourth-order valence-electron chi connectivity index (χ4n) is 1.50. The predicted octanol–water partition coefficient (Wildman–Crippen LogP) is 1.21. The molecule has 4 nitrogen and oxygen atoms in total. The first kappa shape index (κ1) is 12.4. The van der Waals surface area contributed by atoms with Crippen LogP contribution in [0.1, 0.15) is 27.0 Å². The molecule has 4 heteroatoms. The van der Waals surface area contributed by atoms with Gasteiger partial charge in [0.25, 0.3) is 0 Å². The number of nitrogens with two attached hydrogens (primary N) is 1. The van der Waals surface area contributed by atoms with Gasteiger partial charge in [0.2, 0.25) is 0 Å². The Morgan fingerprint density at radius 1 is 1.19 bits per heavy atom. The Morgan fingerprint density at radius 2 is 1.75 bits per heavy atom. The van der Waals surface area contributed by atoms with E-state index < -0.39 is 17.8 Å². The molecule has 0 amide bonds. The number of carbonyl (C=O) groups is 2. The molecule has 0 fully saturated rings. The summed E-state index contributed by atoms with van der Waals surface area (Å²) in [6.07, 6.45) is 0. The van der Waals surface area contributed by atoms with Gasteiger partial charge in [-0.3, -0.25) is 9.59 Å². The lowest BCUT2D eigenvalue weighted by Crippen LogP contribution is -2.38. The Bertz CT molecular complexity index is 452. The van der Waals surface area contributed by atoms with Crippen LogP contribution in [0, 0.1) is 20.8 Å². The van der Waals surface area contributed by atoms with Crippen molar-refractivity contribution in [2.45, 2.75) is 26.8 Å². The first-order chi connectivity index (χ1) is 7.36. The molecule has 1 aromatic rings. The largest absolute Gasteiger partial charge is 0.480 e. The summed E-state index contributed by atoms with van der Waals surface area (Å²) in [5, 5.41) is 8.68. The Hall–Kier alpha value is -1.68. The molecule has 86 valence electrons. The van der Waals surface area contributed by atoms with Gasteiger partial charge < -0.3 is 10.8 Å². The lowest BCUT2D eigenvalue weighted by Gasteiger charge is -2.12. The second kappa shape index (κ2) is 4.45. The number of Topliss-reactive ketones (excluding diaryl/α,β-unsaturated/α-hetero) is 1. The molecule has 3 N–H and O–H groups in total. The lowest BCUT2D eigenvalue weighted by molar-refractivity contribution is -0.137. The molecule has 1 atom stereocenters. The Balaban J connectivity index is 3.20. The van der Waals surface area contributed by atoms with Crippen molar-refractivity contribution in [2.24, 2.45) is 5.73 Å². The van der Waals surface area contributed by atoms with Crippen LogP contribution in [0.25, 0.3) is 0 Å². The van der Waals surface area contributed by atoms with Gasteiger partial charge in [-0.1, -0.05) is 12.1 Å². The van der Waals surface area contributed by atoms with Crippen LogP contribution in [0.5, 0.6) is 0 Å². The highest BCUT2D eigenvalue weighted by Gasteiger charge is 2.24. The molecule has 0 saturated carbocycles. The third-order valence-corrected chi connectivity index (χ3v) is 2.87. The highest BCUT2D eigenvalue weighted by atomic mass is 16.4. The smallest absolute Gasteiger partial charge is 0.328 e. The second-order valence-corrected chi connectivity index (χ2v) is 3.86. The molecule has 0 bridgehead atoms. The molecule has 0 heterocycles. The normalized spacial score (nSPS) is 12.2. The fourth-order valence-corrected chi connectivity index (χ4v) is 1.50. The molecule has 16 heavy (non-hydrogen) atoms. The van der Waals surface area contributed by atoms with E-state index >= 15 is 0 Å². The maximum atomic E-state index is 11.8. The summed E-state index contributed by atoms with van der Waals surface area (Å²) < 4.78 is 0. The van der Waals surface area contributed by atoms with E-state index in [1.807, 2.05) is 13.8 Å². The van der Waals surface area contributed by atoms with Crippen LogP contribution in [0.15, 0.2) is 12.1 Å². The zero-order valence-corrected chi connectivity index (χ0v) is 9.57. The first-order valence-electron chi connectivity index (χ1n) is 4.95. The lowest BCUT2D eigenvalue weighted by atomic mass is 9.94. The van der Waals surface area contributed by atoms with Crippen molar-refractivity contribution in [2.75, 3.05) is 0 Å². The summed E-state index contributed by atoms with van der Waals surface area (Å²) in [6.45, 7) is 5.63. The van der Waals surface area contributed by atoms with Crippen molar-refractivity contribution in [3.05, 3.63) is 34.4 Å². The van der Waals surface area contributed by atoms with Gasteiger partial charge in [-0.15, -0.1) is 0 Å². The molecule has 1 aromatic carbocycles. The number of carboxylic acid groups (broad SMARTS) is 1. The van der Waals surface area contributed by atoms with E-state index in [1.165, 1.54) is 0 Å². The SMILES string of the molecule is Cc1ccc(C(=O)C(N)C(=O)O)c(C)c1C. The van der Waals surface area contributed by atoms with E-state index in [4.69, 9.17) is 10.8 Å². The van der Waals surface area contributed by atoms with Gasteiger partial charge in [-0.2, -0.15) is 0 Å². The number of aryl methyl sites for hydroxylation is 1. The van der Waals surface area contributed by atoms with Crippen molar-refractivity contribution in [3.8, 4) is 0 Å². The molecule has 0 spiro atoms. The minimum atomic E-state index is -1.49. The van der Waals surface area contributed by atoms with Crippen LogP contribution >= 0.6 is 0 Å². The molecular weight excluding hydrogens is 206 g/mol. The van der Waals surface area contributed by atoms with Crippen molar-refractivity contribution in [1.82, 2.24) is 0 Å². The minimum Gasteiger partial charge on any atom is -0.480 e. The van der Waals surface area contributed by atoms with Crippen LogP contribution < -0.4 is 5.73 Å². The number of carboxylic acids is 1. The van der Waals surface area contributed by atoms with Crippen molar-refractivity contribution < 1.29 is 14.7 Å². The van der Waals surface area contributed by atoms with Gasteiger partial charge in [0.1, 0.15) is 0 Å². The van der Waals surface area contributed by atoms with Crippen LogP contribution in [0.2, 0.25) is 0 Å². The Labute approximate surface area is 94.1 Å². The number of ketones is 1. The van der Waals surface area contributed by atoms with Gasteiger partial charge >= 0.3 is 5.97 Å². The quantitative estimate of drug-likeness (QED) is 0.593. The monoisotopic (exact) mass is 221 g/mol. The fraction of sp³-hybridized carbons (Fsp3) is 0.333. The summed E-state index contributed by atoms with van der Waals surface area (Å²) in [5.74, 6) is -1.85. The molecular formula is C12H15NO3. The summed E-state index contributed by atoms with van der Waals surface area (Å²) in [4.78, 5) is 22.4. The highest BCUT2D eigenvalue weighted by molar-refractivity contribution is 6.12. The summed E-state index contributed by atoms with van der Waals surface area (Å²) >= 11 is 0. The maximum absolute atomic E-state index is 11.8. The van der Waals surface area contributed by atoms with Crippen molar-refractivity contribution in [1.29, 1.82) is 0 Å². The Morgan fingerprint density at radius 3 is 2.25 bits per heavy atom. The predicted molar refractivity (Wildman–Crippen MR) is 60.6 cm³/mol. The van der Waals surface area contributed by atoms with E-state index in [-0.39, 0.29) is 0 Å². The van der Waals surface area contributed by atoms with Gasteiger partial charge in [-0.05, 0) is 37.5 Å². The third-order valence-electron chi connectivity index (χ3n) is 2.87. The molecule has 1 rings (SSSR count). The van der Waals surface area contributed by atoms with Gasteiger partial charge in [-0.25, -0.2) is 0 Å². The van der Waals surface area contributed by atoms with E-state index in [0.717, 1.165) is 16.7 Å². The third kappa shape index (κ3) is 2.12. The van der Waals surface area contributed by atoms with Crippen molar-refractivity contribution in [3.63, 3.8) is 0 Å². The minimum absolute atomic E-state index is 0.387. The highest BCUT2D eigenvalue weighted by Crippen LogP contribution is 2.18. The second-order valence-electron chi connectivity index (χ2n) is 3.86. The number of aliphatic carboxylic acids is 1. The number of hydrogen-bond acceptors (Lipinski definition) is 3. The van der Waals surface area contributed by atoms with Crippen LogP contribution in [0.3, 0.4) is 0 Å². The zero-order valence-electron chi connectivity index (χ0n) is 9.57. The first-order valence-corrected chi connectivity index (χ1v) is 4.95.